The van der Waals surface area contributed by atoms with Gasteiger partial charge in [-0.15, -0.1) is 0 Å². The van der Waals surface area contributed by atoms with Gasteiger partial charge >= 0.3 is 0 Å². The van der Waals surface area contributed by atoms with Gasteiger partial charge in [-0.1, -0.05) is 6.07 Å². The van der Waals surface area contributed by atoms with Gasteiger partial charge in [-0.2, -0.15) is 5.10 Å². The van der Waals surface area contributed by atoms with Crippen LogP contribution in [0.2, 0.25) is 0 Å². The number of aryl methyl sites for hydroxylation is 1. The van der Waals surface area contributed by atoms with E-state index in [2.05, 4.69) is 10.4 Å². The molecule has 0 bridgehead atoms. The van der Waals surface area contributed by atoms with Crippen LogP contribution in [0, 0.1) is 12.7 Å². The van der Waals surface area contributed by atoms with Gasteiger partial charge in [0.1, 0.15) is 5.82 Å². The SMILES string of the molecule is Cc1ccc(NC(=O)CC(C)n2cccn2)cc1F. The average Bonchev–Trinajstić information content (AvgIpc) is 2.87. The zero-order chi connectivity index (χ0) is 13.8. The number of aromatic nitrogens is 2. The van der Waals surface area contributed by atoms with E-state index in [-0.39, 0.29) is 24.2 Å². The van der Waals surface area contributed by atoms with E-state index in [1.807, 2.05) is 19.2 Å². The summed E-state index contributed by atoms with van der Waals surface area (Å²) in [6, 6.07) is 6.43. The van der Waals surface area contributed by atoms with Gasteiger partial charge < -0.3 is 5.32 Å². The second kappa shape index (κ2) is 5.65. The van der Waals surface area contributed by atoms with Crippen molar-refractivity contribution in [3.63, 3.8) is 0 Å². The van der Waals surface area contributed by atoms with Gasteiger partial charge in [0, 0.05) is 24.5 Å². The Morgan fingerprint density at radius 2 is 2.32 bits per heavy atom. The van der Waals surface area contributed by atoms with E-state index in [0.29, 0.717) is 11.3 Å². The van der Waals surface area contributed by atoms with Crippen molar-refractivity contribution in [3.05, 3.63) is 48.0 Å². The third-order valence-corrected chi connectivity index (χ3v) is 2.91. The van der Waals surface area contributed by atoms with Gasteiger partial charge in [0.05, 0.1) is 6.04 Å². The van der Waals surface area contributed by atoms with Crippen molar-refractivity contribution in [2.75, 3.05) is 5.32 Å². The molecule has 2 aromatic rings. The summed E-state index contributed by atoms with van der Waals surface area (Å²) in [6.45, 7) is 3.59. The Bertz CT molecular complexity index is 566. The molecule has 5 heteroatoms. The van der Waals surface area contributed by atoms with Crippen LogP contribution in [0.15, 0.2) is 36.7 Å². The van der Waals surface area contributed by atoms with Gasteiger partial charge in [-0.25, -0.2) is 4.39 Å². The maximum absolute atomic E-state index is 13.4. The Kier molecular flexibility index (Phi) is 3.94. The average molecular weight is 261 g/mol. The number of hydrogen-bond donors (Lipinski definition) is 1. The zero-order valence-electron chi connectivity index (χ0n) is 10.9. The summed E-state index contributed by atoms with van der Waals surface area (Å²) < 4.78 is 15.1. The lowest BCUT2D eigenvalue weighted by Gasteiger charge is -2.12. The molecule has 0 aliphatic heterocycles. The lowest BCUT2D eigenvalue weighted by Crippen LogP contribution is -2.18. The van der Waals surface area contributed by atoms with E-state index in [0.717, 1.165) is 0 Å². The summed E-state index contributed by atoms with van der Waals surface area (Å²) in [7, 11) is 0. The summed E-state index contributed by atoms with van der Waals surface area (Å²) in [6.07, 6.45) is 3.77. The summed E-state index contributed by atoms with van der Waals surface area (Å²) in [5.74, 6) is -0.482. The molecule has 0 radical (unpaired) electrons. The van der Waals surface area contributed by atoms with Crippen molar-refractivity contribution < 1.29 is 9.18 Å². The van der Waals surface area contributed by atoms with Crippen LogP contribution in [0.5, 0.6) is 0 Å². The van der Waals surface area contributed by atoms with E-state index in [4.69, 9.17) is 0 Å². The van der Waals surface area contributed by atoms with Crippen molar-refractivity contribution in [1.82, 2.24) is 9.78 Å². The summed E-state index contributed by atoms with van der Waals surface area (Å²) >= 11 is 0. The first-order chi connectivity index (χ1) is 9.06. The molecule has 1 atom stereocenters. The first kappa shape index (κ1) is 13.3. The van der Waals surface area contributed by atoms with Crippen molar-refractivity contribution in [1.29, 1.82) is 0 Å². The predicted octanol–water partition coefficient (Wildman–Crippen LogP) is 2.92. The van der Waals surface area contributed by atoms with Gasteiger partial charge in [0.25, 0.3) is 0 Å². The molecule has 19 heavy (non-hydrogen) atoms. The second-order valence-corrected chi connectivity index (χ2v) is 4.55. The number of anilines is 1. The van der Waals surface area contributed by atoms with Gasteiger partial charge in [-0.3, -0.25) is 9.48 Å². The zero-order valence-corrected chi connectivity index (χ0v) is 10.9. The van der Waals surface area contributed by atoms with Crippen LogP contribution in [-0.4, -0.2) is 15.7 Å². The van der Waals surface area contributed by atoms with E-state index >= 15 is 0 Å². The maximum Gasteiger partial charge on any atom is 0.226 e. The topological polar surface area (TPSA) is 46.9 Å². The minimum Gasteiger partial charge on any atom is -0.326 e. The lowest BCUT2D eigenvalue weighted by molar-refractivity contribution is -0.116. The van der Waals surface area contributed by atoms with Crippen LogP contribution < -0.4 is 5.32 Å². The standard InChI is InChI=1S/C14H16FN3O/c1-10-4-5-12(9-13(10)15)17-14(19)8-11(2)18-7-3-6-16-18/h3-7,9,11H,8H2,1-2H3,(H,17,19). The number of carbonyl (C=O) groups is 1. The fourth-order valence-electron chi connectivity index (χ4n) is 1.79. The molecule has 1 aromatic heterocycles. The van der Waals surface area contributed by atoms with E-state index in [1.54, 1.807) is 29.9 Å². The lowest BCUT2D eigenvalue weighted by atomic mass is 10.2. The monoisotopic (exact) mass is 261 g/mol. The normalized spacial score (nSPS) is 12.2. The Hall–Kier alpha value is -2.17. The van der Waals surface area contributed by atoms with Crippen molar-refractivity contribution in [3.8, 4) is 0 Å². The van der Waals surface area contributed by atoms with Gasteiger partial charge in [-0.05, 0) is 37.6 Å². The molecule has 1 N–H and O–H groups in total. The number of benzene rings is 1. The number of amides is 1. The molecule has 0 spiro atoms. The first-order valence-corrected chi connectivity index (χ1v) is 6.11. The van der Waals surface area contributed by atoms with Gasteiger partial charge in [0.15, 0.2) is 0 Å². The fraction of sp³-hybridized carbons (Fsp3) is 0.286. The van der Waals surface area contributed by atoms with E-state index < -0.39 is 0 Å². The Balaban J connectivity index is 1.95. The minimum absolute atomic E-state index is 0.0368. The molecule has 2 rings (SSSR count). The smallest absolute Gasteiger partial charge is 0.226 e. The van der Waals surface area contributed by atoms with Crippen molar-refractivity contribution >= 4 is 11.6 Å². The third-order valence-electron chi connectivity index (χ3n) is 2.91. The second-order valence-electron chi connectivity index (χ2n) is 4.55. The number of nitrogens with one attached hydrogen (secondary N) is 1. The largest absolute Gasteiger partial charge is 0.326 e. The molecule has 1 unspecified atom stereocenters. The maximum atomic E-state index is 13.4. The molecular weight excluding hydrogens is 245 g/mol. The summed E-state index contributed by atoms with van der Waals surface area (Å²) in [5, 5.41) is 6.76. The number of nitrogens with zero attached hydrogens (tertiary/aromatic N) is 2. The molecular formula is C14H16FN3O. The molecule has 0 saturated heterocycles. The van der Waals surface area contributed by atoms with Crippen molar-refractivity contribution in [2.45, 2.75) is 26.3 Å². The highest BCUT2D eigenvalue weighted by atomic mass is 19.1. The predicted molar refractivity (Wildman–Crippen MR) is 71.3 cm³/mol. The summed E-state index contributed by atoms with van der Waals surface area (Å²) in [5.41, 5.74) is 1.03. The van der Waals surface area contributed by atoms with Crippen LogP contribution in [-0.2, 0) is 4.79 Å². The number of carbonyl (C=O) groups excluding carboxylic acids is 1. The molecule has 0 fully saturated rings. The van der Waals surface area contributed by atoms with Crippen LogP contribution >= 0.6 is 0 Å². The molecule has 1 amide bonds. The fourth-order valence-corrected chi connectivity index (χ4v) is 1.79. The van der Waals surface area contributed by atoms with Crippen molar-refractivity contribution in [2.24, 2.45) is 0 Å². The first-order valence-electron chi connectivity index (χ1n) is 6.11. The molecule has 0 aliphatic rings. The number of hydrogen-bond acceptors (Lipinski definition) is 2. The molecule has 0 saturated carbocycles. The molecule has 1 heterocycles. The Labute approximate surface area is 111 Å². The quantitative estimate of drug-likeness (QED) is 0.919. The highest BCUT2D eigenvalue weighted by molar-refractivity contribution is 5.90. The molecule has 0 aliphatic carbocycles. The number of rotatable bonds is 4. The van der Waals surface area contributed by atoms with E-state index in [9.17, 15) is 9.18 Å². The van der Waals surface area contributed by atoms with Crippen LogP contribution in [0.3, 0.4) is 0 Å². The molecule has 4 nitrogen and oxygen atoms in total. The minimum atomic E-state index is -0.321. The Morgan fingerprint density at radius 3 is 2.95 bits per heavy atom. The third kappa shape index (κ3) is 3.40. The Morgan fingerprint density at radius 1 is 1.53 bits per heavy atom. The van der Waals surface area contributed by atoms with Gasteiger partial charge in [0.2, 0.25) is 5.91 Å². The molecule has 1 aromatic carbocycles. The highest BCUT2D eigenvalue weighted by Gasteiger charge is 2.11. The van der Waals surface area contributed by atoms with Crippen LogP contribution in [0.4, 0.5) is 10.1 Å². The highest BCUT2D eigenvalue weighted by Crippen LogP contribution is 2.15. The van der Waals surface area contributed by atoms with Crippen LogP contribution in [0.25, 0.3) is 0 Å². The van der Waals surface area contributed by atoms with E-state index in [1.165, 1.54) is 6.07 Å². The summed E-state index contributed by atoms with van der Waals surface area (Å²) in [4.78, 5) is 11.8. The van der Waals surface area contributed by atoms with Crippen LogP contribution in [0.1, 0.15) is 24.9 Å². The number of halogens is 1. The molecule has 100 valence electrons.